The molecule has 2 nitrogen and oxygen atoms in total. The molecule has 1 aromatic carbocycles. The van der Waals surface area contributed by atoms with Crippen LogP contribution in [-0.4, -0.2) is 11.1 Å². The molecule has 0 saturated heterocycles. The molecule has 0 radical (unpaired) electrons. The van der Waals surface area contributed by atoms with Gasteiger partial charge in [0, 0.05) is 0 Å². The molecule has 0 fully saturated rings. The second-order valence-electron chi connectivity index (χ2n) is 3.09. The molecular formula is C11H10Cl2O2. The summed E-state index contributed by atoms with van der Waals surface area (Å²) in [6.07, 6.45) is 1.94. The predicted molar refractivity (Wildman–Crippen MR) is 61.7 cm³/mol. The molecule has 4 heteroatoms. The topological polar surface area (TPSA) is 37.3 Å². The molecule has 1 unspecified atom stereocenters. The summed E-state index contributed by atoms with van der Waals surface area (Å²) in [5, 5.41) is 9.78. The van der Waals surface area contributed by atoms with Gasteiger partial charge in [-0.2, -0.15) is 0 Å². The molecule has 1 atom stereocenters. The summed E-state index contributed by atoms with van der Waals surface area (Å²) < 4.78 is 0. The van der Waals surface area contributed by atoms with Crippen LogP contribution in [0, 0.1) is 0 Å². The average molecular weight is 245 g/mol. The fourth-order valence-electron chi connectivity index (χ4n) is 1.28. The van der Waals surface area contributed by atoms with Gasteiger partial charge in [-0.05, 0) is 24.1 Å². The third-order valence-corrected chi connectivity index (χ3v) is 2.79. The summed E-state index contributed by atoms with van der Waals surface area (Å²) in [6, 6.07) is 4.83. The molecule has 15 heavy (non-hydrogen) atoms. The molecule has 0 amide bonds. The van der Waals surface area contributed by atoms with Crippen molar-refractivity contribution in [1.82, 2.24) is 0 Å². The molecule has 0 aliphatic carbocycles. The molecule has 1 aromatic rings. The van der Waals surface area contributed by atoms with Gasteiger partial charge in [-0.3, -0.25) is 4.79 Å². The zero-order chi connectivity index (χ0) is 11.4. The minimum absolute atomic E-state index is 0.365. The minimum Gasteiger partial charge on any atom is -0.481 e. The summed E-state index contributed by atoms with van der Waals surface area (Å²) >= 11 is 11.6. The molecular weight excluding hydrogens is 235 g/mol. The monoisotopic (exact) mass is 244 g/mol. The van der Waals surface area contributed by atoms with Crippen LogP contribution >= 0.6 is 23.2 Å². The van der Waals surface area contributed by atoms with Crippen LogP contribution in [0.5, 0.6) is 0 Å². The Bertz CT molecular complexity index is 388. The number of carboxylic acids is 1. The van der Waals surface area contributed by atoms with Crippen LogP contribution in [0.15, 0.2) is 30.9 Å². The maximum atomic E-state index is 11.0. The van der Waals surface area contributed by atoms with Crippen molar-refractivity contribution in [2.75, 3.05) is 0 Å². The third-order valence-electron chi connectivity index (χ3n) is 2.05. The van der Waals surface area contributed by atoms with E-state index in [2.05, 4.69) is 6.58 Å². The molecule has 0 saturated carbocycles. The minimum atomic E-state index is -0.895. The first kappa shape index (κ1) is 12.1. The zero-order valence-electron chi connectivity index (χ0n) is 7.91. The van der Waals surface area contributed by atoms with E-state index >= 15 is 0 Å². The van der Waals surface area contributed by atoms with E-state index in [9.17, 15) is 4.79 Å². The Labute approximate surface area is 98.1 Å². The first-order valence-electron chi connectivity index (χ1n) is 4.35. The lowest BCUT2D eigenvalue weighted by molar-refractivity contribution is -0.138. The summed E-state index contributed by atoms with van der Waals surface area (Å²) in [4.78, 5) is 11.0. The Morgan fingerprint density at radius 1 is 1.47 bits per heavy atom. The second kappa shape index (κ2) is 5.19. The molecule has 0 spiro atoms. The van der Waals surface area contributed by atoms with Gasteiger partial charge in [0.2, 0.25) is 0 Å². The van der Waals surface area contributed by atoms with Gasteiger partial charge in [-0.1, -0.05) is 35.3 Å². The third kappa shape index (κ3) is 2.98. The number of carbonyl (C=O) groups is 1. The van der Waals surface area contributed by atoms with Gasteiger partial charge in [0.1, 0.15) is 0 Å². The lowest BCUT2D eigenvalue weighted by Crippen LogP contribution is -2.10. The quantitative estimate of drug-likeness (QED) is 0.820. The van der Waals surface area contributed by atoms with Crippen LogP contribution in [0.3, 0.4) is 0 Å². The molecule has 1 N–H and O–H groups in total. The normalized spacial score (nSPS) is 12.1. The van der Waals surface area contributed by atoms with Gasteiger partial charge in [0.25, 0.3) is 0 Å². The number of hydrogen-bond acceptors (Lipinski definition) is 1. The van der Waals surface area contributed by atoms with E-state index in [1.807, 2.05) is 0 Å². The van der Waals surface area contributed by atoms with Crippen molar-refractivity contribution >= 4 is 29.2 Å². The van der Waals surface area contributed by atoms with Crippen LogP contribution < -0.4 is 0 Å². The van der Waals surface area contributed by atoms with E-state index in [1.54, 1.807) is 24.3 Å². The van der Waals surface area contributed by atoms with Gasteiger partial charge < -0.3 is 5.11 Å². The Morgan fingerprint density at radius 2 is 2.13 bits per heavy atom. The lowest BCUT2D eigenvalue weighted by Gasteiger charge is -2.10. The van der Waals surface area contributed by atoms with Crippen molar-refractivity contribution in [1.29, 1.82) is 0 Å². The number of carboxylic acid groups (broad SMARTS) is 1. The van der Waals surface area contributed by atoms with Gasteiger partial charge in [0.15, 0.2) is 0 Å². The molecule has 0 aliphatic heterocycles. The molecule has 0 heterocycles. The van der Waals surface area contributed by atoms with E-state index in [0.29, 0.717) is 22.0 Å². The van der Waals surface area contributed by atoms with Crippen molar-refractivity contribution in [3.63, 3.8) is 0 Å². The van der Waals surface area contributed by atoms with Crippen molar-refractivity contribution in [3.05, 3.63) is 46.5 Å². The van der Waals surface area contributed by atoms with Crippen molar-refractivity contribution in [2.24, 2.45) is 0 Å². The standard InChI is InChI=1S/C11H10Cl2O2/c1-2-3-8(11(14)15)7-4-5-9(12)10(13)6-7/h2,4-6,8H,1,3H2,(H,14,15). The van der Waals surface area contributed by atoms with Crippen LogP contribution in [0.2, 0.25) is 10.0 Å². The predicted octanol–water partition coefficient (Wildman–Crippen LogP) is 3.74. The zero-order valence-corrected chi connectivity index (χ0v) is 9.42. The molecule has 1 rings (SSSR count). The first-order chi connectivity index (χ1) is 7.06. The van der Waals surface area contributed by atoms with Crippen LogP contribution in [0.4, 0.5) is 0 Å². The summed E-state index contributed by atoms with van der Waals surface area (Å²) in [6.45, 7) is 3.53. The second-order valence-corrected chi connectivity index (χ2v) is 3.90. The van der Waals surface area contributed by atoms with Crippen LogP contribution in [-0.2, 0) is 4.79 Å². The van der Waals surface area contributed by atoms with E-state index in [-0.39, 0.29) is 0 Å². The highest BCUT2D eigenvalue weighted by Crippen LogP contribution is 2.28. The van der Waals surface area contributed by atoms with E-state index in [1.165, 1.54) is 0 Å². The maximum absolute atomic E-state index is 11.0. The summed E-state index contributed by atoms with van der Waals surface area (Å²) in [5.74, 6) is -1.51. The number of rotatable bonds is 4. The van der Waals surface area contributed by atoms with Gasteiger partial charge in [-0.25, -0.2) is 0 Å². The van der Waals surface area contributed by atoms with Gasteiger partial charge in [0.05, 0.1) is 16.0 Å². The van der Waals surface area contributed by atoms with E-state index in [0.717, 1.165) is 0 Å². The van der Waals surface area contributed by atoms with Crippen molar-refractivity contribution < 1.29 is 9.90 Å². The smallest absolute Gasteiger partial charge is 0.311 e. The SMILES string of the molecule is C=CCC(C(=O)O)c1ccc(Cl)c(Cl)c1. The number of allylic oxidation sites excluding steroid dienone is 1. The Kier molecular flexibility index (Phi) is 4.18. The highest BCUT2D eigenvalue weighted by molar-refractivity contribution is 6.42. The molecule has 80 valence electrons. The molecule has 0 aliphatic rings. The van der Waals surface area contributed by atoms with E-state index in [4.69, 9.17) is 28.3 Å². The Balaban J connectivity index is 3.06. The van der Waals surface area contributed by atoms with Gasteiger partial charge in [-0.15, -0.1) is 6.58 Å². The Morgan fingerprint density at radius 3 is 2.60 bits per heavy atom. The largest absolute Gasteiger partial charge is 0.481 e. The first-order valence-corrected chi connectivity index (χ1v) is 5.10. The summed E-state index contributed by atoms with van der Waals surface area (Å²) in [5.41, 5.74) is 0.636. The lowest BCUT2D eigenvalue weighted by atomic mass is 9.96. The Hall–Kier alpha value is -0.990. The van der Waals surface area contributed by atoms with Crippen molar-refractivity contribution in [2.45, 2.75) is 12.3 Å². The number of aliphatic carboxylic acids is 1. The van der Waals surface area contributed by atoms with Crippen LogP contribution in [0.25, 0.3) is 0 Å². The molecule has 0 aromatic heterocycles. The maximum Gasteiger partial charge on any atom is 0.311 e. The van der Waals surface area contributed by atoms with Crippen LogP contribution in [0.1, 0.15) is 17.9 Å². The van der Waals surface area contributed by atoms with E-state index < -0.39 is 11.9 Å². The number of halogens is 2. The fourth-order valence-corrected chi connectivity index (χ4v) is 1.58. The average Bonchev–Trinajstić information content (AvgIpc) is 2.18. The number of benzene rings is 1. The highest BCUT2D eigenvalue weighted by Gasteiger charge is 2.18. The molecule has 0 bridgehead atoms. The fraction of sp³-hybridized carbons (Fsp3) is 0.182. The highest BCUT2D eigenvalue weighted by atomic mass is 35.5. The summed E-state index contributed by atoms with van der Waals surface area (Å²) in [7, 11) is 0. The van der Waals surface area contributed by atoms with Crippen molar-refractivity contribution in [3.8, 4) is 0 Å². The van der Waals surface area contributed by atoms with Gasteiger partial charge >= 0.3 is 5.97 Å². The number of hydrogen-bond donors (Lipinski definition) is 1.